The average molecular weight is 271 g/mol. The summed E-state index contributed by atoms with van der Waals surface area (Å²) in [6, 6.07) is 7.72. The molecule has 3 rings (SSSR count). The molecule has 0 atom stereocenters. The van der Waals surface area contributed by atoms with Crippen LogP contribution in [0, 0.1) is 5.41 Å². The quantitative estimate of drug-likeness (QED) is 0.797. The van der Waals surface area contributed by atoms with Gasteiger partial charge in [0.15, 0.2) is 5.78 Å². The first kappa shape index (κ1) is 13.4. The number of carbonyl (C=O) groups excluding carboxylic acids is 1. The van der Waals surface area contributed by atoms with E-state index in [-0.39, 0.29) is 5.78 Å². The Bertz CT molecular complexity index is 627. The van der Waals surface area contributed by atoms with E-state index >= 15 is 0 Å². The Hall–Kier alpha value is -1.61. The second-order valence-electron chi connectivity index (χ2n) is 6.55. The van der Waals surface area contributed by atoms with Gasteiger partial charge in [0, 0.05) is 11.9 Å². The number of furan rings is 1. The van der Waals surface area contributed by atoms with Crippen molar-refractivity contribution in [3.05, 3.63) is 36.1 Å². The summed E-state index contributed by atoms with van der Waals surface area (Å²) >= 11 is 0. The molecule has 2 aromatic rings. The number of carbonyl (C=O) groups is 1. The second-order valence-corrected chi connectivity index (χ2v) is 6.55. The van der Waals surface area contributed by atoms with Crippen LogP contribution >= 0.6 is 0 Å². The molecular formula is C17H21NO2. The summed E-state index contributed by atoms with van der Waals surface area (Å²) in [6.07, 6.45) is 4.01. The molecule has 0 N–H and O–H groups in total. The zero-order valence-corrected chi connectivity index (χ0v) is 12.2. The molecule has 106 valence electrons. The Kier molecular flexibility index (Phi) is 3.38. The second kappa shape index (κ2) is 5.06. The van der Waals surface area contributed by atoms with Crippen LogP contribution in [-0.4, -0.2) is 30.3 Å². The Morgan fingerprint density at radius 3 is 2.95 bits per heavy atom. The lowest BCUT2D eigenvalue weighted by molar-refractivity contribution is 0.0810. The highest BCUT2D eigenvalue weighted by Gasteiger charge is 2.28. The zero-order valence-electron chi connectivity index (χ0n) is 12.2. The highest BCUT2D eigenvalue weighted by atomic mass is 16.3. The third kappa shape index (κ3) is 2.63. The van der Waals surface area contributed by atoms with Crippen molar-refractivity contribution >= 4 is 16.8 Å². The molecular weight excluding hydrogens is 250 g/mol. The normalized spacial score (nSPS) is 19.3. The molecule has 0 saturated carbocycles. The highest BCUT2D eigenvalue weighted by Crippen LogP contribution is 2.29. The summed E-state index contributed by atoms with van der Waals surface area (Å²) < 4.78 is 5.46. The van der Waals surface area contributed by atoms with Gasteiger partial charge in [0.05, 0.1) is 12.1 Å². The van der Waals surface area contributed by atoms with Crippen molar-refractivity contribution in [2.45, 2.75) is 26.7 Å². The molecule has 0 bridgehead atoms. The maximum absolute atomic E-state index is 12.5. The lowest BCUT2D eigenvalue weighted by Crippen LogP contribution is -2.42. The van der Waals surface area contributed by atoms with Gasteiger partial charge in [-0.1, -0.05) is 32.0 Å². The van der Waals surface area contributed by atoms with Crippen molar-refractivity contribution in [3.8, 4) is 0 Å². The van der Waals surface area contributed by atoms with Crippen LogP contribution < -0.4 is 0 Å². The fourth-order valence-electron chi connectivity index (χ4n) is 3.16. The predicted octanol–water partition coefficient (Wildman–Crippen LogP) is 3.74. The average Bonchev–Trinajstić information content (AvgIpc) is 2.81. The topological polar surface area (TPSA) is 33.5 Å². The lowest BCUT2D eigenvalue weighted by atomic mass is 9.84. The van der Waals surface area contributed by atoms with Gasteiger partial charge in [-0.05, 0) is 30.9 Å². The minimum Gasteiger partial charge on any atom is -0.464 e. The Morgan fingerprint density at radius 1 is 1.35 bits per heavy atom. The molecule has 0 spiro atoms. The third-order valence-corrected chi connectivity index (χ3v) is 4.13. The number of piperidine rings is 1. The first-order valence-corrected chi connectivity index (χ1v) is 7.27. The van der Waals surface area contributed by atoms with Gasteiger partial charge >= 0.3 is 0 Å². The number of para-hydroxylation sites is 1. The lowest BCUT2D eigenvalue weighted by Gasteiger charge is -2.37. The molecule has 0 radical (unpaired) electrons. The van der Waals surface area contributed by atoms with E-state index in [0.29, 0.717) is 17.5 Å². The van der Waals surface area contributed by atoms with Crippen LogP contribution in [0.25, 0.3) is 11.0 Å². The SMILES string of the molecule is CC1(C)CCCN(CC(=O)c2coc3ccccc23)C1. The third-order valence-electron chi connectivity index (χ3n) is 4.13. The number of Topliss-reactive ketones (excluding diaryl/α,β-unsaturated/α-hetero) is 1. The van der Waals surface area contributed by atoms with Gasteiger partial charge in [-0.15, -0.1) is 0 Å². The van der Waals surface area contributed by atoms with E-state index in [1.807, 2.05) is 24.3 Å². The molecule has 0 unspecified atom stereocenters. The molecule has 3 nitrogen and oxygen atoms in total. The van der Waals surface area contributed by atoms with E-state index in [2.05, 4.69) is 18.7 Å². The standard InChI is InChI=1S/C17H21NO2/c1-17(2)8-5-9-18(12-17)10-15(19)14-11-20-16-7-4-3-6-13(14)16/h3-4,6-7,11H,5,8-10,12H2,1-2H3. The predicted molar refractivity (Wildman–Crippen MR) is 80.0 cm³/mol. The number of ketones is 1. The van der Waals surface area contributed by atoms with Crippen LogP contribution in [0.1, 0.15) is 37.0 Å². The minimum atomic E-state index is 0.160. The molecule has 1 aromatic heterocycles. The Labute approximate surface area is 119 Å². The smallest absolute Gasteiger partial charge is 0.180 e. The molecule has 3 heteroatoms. The zero-order chi connectivity index (χ0) is 14.2. The summed E-state index contributed by atoms with van der Waals surface area (Å²) in [5.41, 5.74) is 1.82. The number of hydrogen-bond donors (Lipinski definition) is 0. The molecule has 1 aromatic carbocycles. The fraction of sp³-hybridized carbons (Fsp3) is 0.471. The van der Waals surface area contributed by atoms with E-state index in [0.717, 1.165) is 24.1 Å². The highest BCUT2D eigenvalue weighted by molar-refractivity contribution is 6.08. The van der Waals surface area contributed by atoms with Gasteiger partial charge in [0.25, 0.3) is 0 Å². The van der Waals surface area contributed by atoms with E-state index in [1.54, 1.807) is 6.26 Å². The monoisotopic (exact) mass is 271 g/mol. The van der Waals surface area contributed by atoms with Gasteiger partial charge in [0.2, 0.25) is 0 Å². The van der Waals surface area contributed by atoms with Crippen LogP contribution in [0.2, 0.25) is 0 Å². The maximum Gasteiger partial charge on any atom is 0.180 e. The molecule has 1 aliphatic heterocycles. The van der Waals surface area contributed by atoms with E-state index in [4.69, 9.17) is 4.42 Å². The van der Waals surface area contributed by atoms with Crippen molar-refractivity contribution in [3.63, 3.8) is 0 Å². The molecule has 0 amide bonds. The summed E-state index contributed by atoms with van der Waals surface area (Å²) in [6.45, 7) is 7.06. The Morgan fingerprint density at radius 2 is 2.15 bits per heavy atom. The Balaban J connectivity index is 1.76. The molecule has 0 aliphatic carbocycles. The van der Waals surface area contributed by atoms with Crippen LogP contribution in [0.4, 0.5) is 0 Å². The van der Waals surface area contributed by atoms with Gasteiger partial charge < -0.3 is 4.42 Å². The summed E-state index contributed by atoms with van der Waals surface area (Å²) in [5.74, 6) is 0.160. The number of hydrogen-bond acceptors (Lipinski definition) is 3. The van der Waals surface area contributed by atoms with Crippen LogP contribution in [-0.2, 0) is 0 Å². The van der Waals surface area contributed by atoms with Crippen LogP contribution in [0.3, 0.4) is 0 Å². The van der Waals surface area contributed by atoms with Gasteiger partial charge in [0.1, 0.15) is 11.8 Å². The van der Waals surface area contributed by atoms with Gasteiger partial charge in [-0.3, -0.25) is 9.69 Å². The molecule has 2 heterocycles. The number of likely N-dealkylation sites (tertiary alicyclic amines) is 1. The molecule has 1 aliphatic rings. The van der Waals surface area contributed by atoms with Crippen molar-refractivity contribution < 1.29 is 9.21 Å². The number of fused-ring (bicyclic) bond motifs is 1. The maximum atomic E-state index is 12.5. The van der Waals surface area contributed by atoms with Gasteiger partial charge in [-0.25, -0.2) is 0 Å². The summed E-state index contributed by atoms with van der Waals surface area (Å²) in [5, 5.41) is 0.925. The molecule has 1 fully saturated rings. The first-order valence-electron chi connectivity index (χ1n) is 7.27. The first-order chi connectivity index (χ1) is 9.55. The summed E-state index contributed by atoms with van der Waals surface area (Å²) in [7, 11) is 0. The minimum absolute atomic E-state index is 0.160. The van der Waals surface area contributed by atoms with Crippen molar-refractivity contribution in [2.75, 3.05) is 19.6 Å². The fourth-order valence-corrected chi connectivity index (χ4v) is 3.16. The number of nitrogens with zero attached hydrogens (tertiary/aromatic N) is 1. The van der Waals surface area contributed by atoms with Crippen molar-refractivity contribution in [1.82, 2.24) is 4.90 Å². The molecule has 1 saturated heterocycles. The molecule has 20 heavy (non-hydrogen) atoms. The van der Waals surface area contributed by atoms with Crippen molar-refractivity contribution in [1.29, 1.82) is 0 Å². The van der Waals surface area contributed by atoms with Crippen LogP contribution in [0.5, 0.6) is 0 Å². The van der Waals surface area contributed by atoms with Crippen LogP contribution in [0.15, 0.2) is 34.9 Å². The summed E-state index contributed by atoms with van der Waals surface area (Å²) in [4.78, 5) is 14.8. The largest absolute Gasteiger partial charge is 0.464 e. The number of benzene rings is 1. The van der Waals surface area contributed by atoms with Crippen molar-refractivity contribution in [2.24, 2.45) is 5.41 Å². The number of rotatable bonds is 3. The van der Waals surface area contributed by atoms with E-state index < -0.39 is 0 Å². The van der Waals surface area contributed by atoms with E-state index in [9.17, 15) is 4.79 Å². The van der Waals surface area contributed by atoms with E-state index in [1.165, 1.54) is 12.8 Å². The van der Waals surface area contributed by atoms with Gasteiger partial charge in [-0.2, -0.15) is 0 Å².